The summed E-state index contributed by atoms with van der Waals surface area (Å²) in [5.41, 5.74) is 5.77. The molecule has 2 N–H and O–H groups in total. The quantitative estimate of drug-likeness (QED) is 0.298. The number of anilines is 2. The van der Waals surface area contributed by atoms with Crippen LogP contribution in [0.2, 0.25) is 5.02 Å². The standard InChI is InChI=1S/C27H21ClN2O4S/c1-34-26-12-10-20(28)15-25(26)30-35(32,33)22-7-4-6-19(14-22)27(31)29-21-11-9-18-13-17-5-2-3-8-23(17)24(18)16-21/h2-12,14-16,30H,13H2,1H3,(H,29,31). The van der Waals surface area contributed by atoms with E-state index >= 15 is 0 Å². The molecule has 0 saturated heterocycles. The Morgan fingerprint density at radius 1 is 0.886 bits per heavy atom. The van der Waals surface area contributed by atoms with Gasteiger partial charge in [-0.15, -0.1) is 0 Å². The fourth-order valence-corrected chi connectivity index (χ4v) is 5.45. The number of nitrogens with one attached hydrogen (secondary N) is 2. The van der Waals surface area contributed by atoms with Gasteiger partial charge in [0.25, 0.3) is 15.9 Å². The number of rotatable bonds is 6. The molecule has 35 heavy (non-hydrogen) atoms. The Balaban J connectivity index is 1.38. The Morgan fingerprint density at radius 3 is 2.51 bits per heavy atom. The lowest BCUT2D eigenvalue weighted by atomic mass is 10.1. The molecule has 6 nitrogen and oxygen atoms in total. The van der Waals surface area contributed by atoms with Crippen LogP contribution in [0.3, 0.4) is 0 Å². The van der Waals surface area contributed by atoms with E-state index in [4.69, 9.17) is 16.3 Å². The number of halogens is 1. The molecule has 0 spiro atoms. The van der Waals surface area contributed by atoms with Gasteiger partial charge in [-0.3, -0.25) is 9.52 Å². The van der Waals surface area contributed by atoms with Crippen molar-refractivity contribution in [3.05, 3.63) is 107 Å². The summed E-state index contributed by atoms with van der Waals surface area (Å²) in [7, 11) is -2.57. The summed E-state index contributed by atoms with van der Waals surface area (Å²) in [6.45, 7) is 0. The third-order valence-electron chi connectivity index (χ3n) is 5.87. The molecule has 0 saturated carbocycles. The first-order valence-electron chi connectivity index (χ1n) is 10.8. The summed E-state index contributed by atoms with van der Waals surface area (Å²) in [5.74, 6) is -0.0846. The van der Waals surface area contributed by atoms with Gasteiger partial charge in [-0.25, -0.2) is 8.42 Å². The van der Waals surface area contributed by atoms with E-state index in [-0.39, 0.29) is 16.1 Å². The Kier molecular flexibility index (Phi) is 5.96. The highest BCUT2D eigenvalue weighted by molar-refractivity contribution is 7.92. The summed E-state index contributed by atoms with van der Waals surface area (Å²) >= 11 is 6.01. The zero-order valence-electron chi connectivity index (χ0n) is 18.7. The molecule has 4 aromatic carbocycles. The Bertz CT molecular complexity index is 1570. The van der Waals surface area contributed by atoms with Gasteiger partial charge in [-0.2, -0.15) is 0 Å². The number of sulfonamides is 1. The molecule has 0 fully saturated rings. The third-order valence-corrected chi connectivity index (χ3v) is 7.47. The number of fused-ring (bicyclic) bond motifs is 3. The monoisotopic (exact) mass is 504 g/mol. The molecule has 0 radical (unpaired) electrons. The first-order chi connectivity index (χ1) is 16.8. The van der Waals surface area contributed by atoms with Crippen molar-refractivity contribution in [1.82, 2.24) is 0 Å². The average molecular weight is 505 g/mol. The molecule has 0 atom stereocenters. The number of amides is 1. The Labute approximate surface area is 208 Å². The van der Waals surface area contributed by atoms with E-state index < -0.39 is 15.9 Å². The average Bonchev–Trinajstić information content (AvgIpc) is 3.22. The Hall–Kier alpha value is -3.81. The van der Waals surface area contributed by atoms with Gasteiger partial charge >= 0.3 is 0 Å². The molecule has 1 amide bonds. The lowest BCUT2D eigenvalue weighted by molar-refractivity contribution is 0.102. The van der Waals surface area contributed by atoms with E-state index in [0.717, 1.165) is 17.5 Å². The van der Waals surface area contributed by atoms with E-state index in [0.29, 0.717) is 16.5 Å². The van der Waals surface area contributed by atoms with Crippen LogP contribution >= 0.6 is 11.6 Å². The summed E-state index contributed by atoms with van der Waals surface area (Å²) in [4.78, 5) is 12.9. The van der Waals surface area contributed by atoms with Gasteiger partial charge < -0.3 is 10.1 Å². The van der Waals surface area contributed by atoms with Gasteiger partial charge in [-0.1, -0.05) is 48.0 Å². The highest BCUT2D eigenvalue weighted by atomic mass is 35.5. The van der Waals surface area contributed by atoms with Crippen molar-refractivity contribution in [3.63, 3.8) is 0 Å². The summed E-state index contributed by atoms with van der Waals surface area (Å²) in [6.07, 6.45) is 0.865. The summed E-state index contributed by atoms with van der Waals surface area (Å²) in [5, 5.41) is 3.24. The van der Waals surface area contributed by atoms with E-state index in [1.54, 1.807) is 18.2 Å². The molecule has 1 aliphatic rings. The van der Waals surface area contributed by atoms with E-state index in [1.165, 1.54) is 42.5 Å². The molecule has 0 bridgehead atoms. The van der Waals surface area contributed by atoms with E-state index in [2.05, 4.69) is 22.2 Å². The highest BCUT2D eigenvalue weighted by Crippen LogP contribution is 2.38. The zero-order valence-corrected chi connectivity index (χ0v) is 20.3. The van der Waals surface area contributed by atoms with Crippen LogP contribution in [0.15, 0.2) is 89.8 Å². The van der Waals surface area contributed by atoms with Crippen LogP contribution in [0.5, 0.6) is 5.75 Å². The third kappa shape index (κ3) is 4.60. The van der Waals surface area contributed by atoms with Crippen LogP contribution in [0, 0.1) is 0 Å². The molecule has 4 aromatic rings. The number of ether oxygens (including phenoxy) is 1. The smallest absolute Gasteiger partial charge is 0.262 e. The SMILES string of the molecule is COc1ccc(Cl)cc1NS(=O)(=O)c1cccc(C(=O)Nc2ccc3c(c2)-c2ccccc2C3)c1. The van der Waals surface area contributed by atoms with Crippen LogP contribution in [0.4, 0.5) is 11.4 Å². The zero-order chi connectivity index (χ0) is 24.6. The van der Waals surface area contributed by atoms with Gasteiger partial charge in [0.05, 0.1) is 17.7 Å². The van der Waals surface area contributed by atoms with Gasteiger partial charge in [0.15, 0.2) is 0 Å². The molecular formula is C27H21ClN2O4S. The number of benzene rings is 4. The van der Waals surface area contributed by atoms with Crippen LogP contribution in [0.1, 0.15) is 21.5 Å². The molecule has 176 valence electrons. The summed E-state index contributed by atoms with van der Waals surface area (Å²) < 4.78 is 33.7. The molecule has 8 heteroatoms. The minimum absolute atomic E-state index is 0.0601. The maximum Gasteiger partial charge on any atom is 0.262 e. The topological polar surface area (TPSA) is 84.5 Å². The molecule has 5 rings (SSSR count). The maximum absolute atomic E-state index is 13.0. The minimum atomic E-state index is -4.00. The van der Waals surface area contributed by atoms with Crippen LogP contribution in [-0.2, 0) is 16.4 Å². The number of carbonyl (C=O) groups excluding carboxylic acids is 1. The maximum atomic E-state index is 13.0. The predicted molar refractivity (Wildman–Crippen MR) is 138 cm³/mol. The van der Waals surface area contributed by atoms with Gasteiger partial charge in [0, 0.05) is 16.3 Å². The normalized spacial score (nSPS) is 11.9. The number of carbonyl (C=O) groups is 1. The second-order valence-electron chi connectivity index (χ2n) is 8.14. The van der Waals surface area contributed by atoms with Crippen molar-refractivity contribution in [2.75, 3.05) is 17.1 Å². The van der Waals surface area contributed by atoms with Gasteiger partial charge in [-0.05, 0) is 77.2 Å². The fourth-order valence-electron chi connectivity index (χ4n) is 4.17. The van der Waals surface area contributed by atoms with E-state index in [1.807, 2.05) is 30.3 Å². The van der Waals surface area contributed by atoms with Crippen molar-refractivity contribution < 1.29 is 17.9 Å². The van der Waals surface area contributed by atoms with Crippen molar-refractivity contribution in [2.24, 2.45) is 0 Å². The molecule has 0 heterocycles. The first-order valence-corrected chi connectivity index (χ1v) is 12.7. The van der Waals surface area contributed by atoms with Gasteiger partial charge in [0.1, 0.15) is 5.75 Å². The van der Waals surface area contributed by atoms with Crippen LogP contribution in [0.25, 0.3) is 11.1 Å². The van der Waals surface area contributed by atoms with Crippen molar-refractivity contribution >= 4 is 38.9 Å². The molecular weight excluding hydrogens is 484 g/mol. The number of hydrogen-bond donors (Lipinski definition) is 2. The second kappa shape index (κ2) is 9.09. The van der Waals surface area contributed by atoms with Crippen molar-refractivity contribution in [1.29, 1.82) is 0 Å². The van der Waals surface area contributed by atoms with Crippen molar-refractivity contribution in [3.8, 4) is 16.9 Å². The molecule has 0 unspecified atom stereocenters. The van der Waals surface area contributed by atoms with E-state index in [9.17, 15) is 13.2 Å². The molecule has 0 aliphatic heterocycles. The predicted octanol–water partition coefficient (Wildman–Crippen LogP) is 5.97. The highest BCUT2D eigenvalue weighted by Gasteiger charge is 2.21. The lowest BCUT2D eigenvalue weighted by Gasteiger charge is -2.13. The second-order valence-corrected chi connectivity index (χ2v) is 10.3. The van der Waals surface area contributed by atoms with Crippen LogP contribution < -0.4 is 14.8 Å². The van der Waals surface area contributed by atoms with Crippen molar-refractivity contribution in [2.45, 2.75) is 11.3 Å². The fraction of sp³-hybridized carbons (Fsp3) is 0.0741. The van der Waals surface area contributed by atoms with Gasteiger partial charge in [0.2, 0.25) is 0 Å². The largest absolute Gasteiger partial charge is 0.495 e. The van der Waals surface area contributed by atoms with Crippen LogP contribution in [-0.4, -0.2) is 21.4 Å². The molecule has 0 aromatic heterocycles. The first kappa shape index (κ1) is 23.0. The number of methoxy groups -OCH3 is 1. The number of hydrogen-bond acceptors (Lipinski definition) is 4. The minimum Gasteiger partial charge on any atom is -0.495 e. The Morgan fingerprint density at radius 2 is 1.69 bits per heavy atom. The molecule has 1 aliphatic carbocycles. The lowest BCUT2D eigenvalue weighted by Crippen LogP contribution is -2.16. The summed E-state index contributed by atoms with van der Waals surface area (Å²) in [6, 6.07) is 24.5.